The highest BCUT2D eigenvalue weighted by molar-refractivity contribution is 7.09. The van der Waals surface area contributed by atoms with Crippen LogP contribution in [-0.4, -0.2) is 30.1 Å². The molecular weight excluding hydrogens is 298 g/mol. The minimum absolute atomic E-state index is 0.0887. The number of methoxy groups -OCH3 is 1. The van der Waals surface area contributed by atoms with E-state index in [1.54, 1.807) is 30.4 Å². The van der Waals surface area contributed by atoms with Crippen LogP contribution in [0.15, 0.2) is 29.6 Å². The zero-order chi connectivity index (χ0) is 16.1. The van der Waals surface area contributed by atoms with Crippen molar-refractivity contribution < 1.29 is 9.53 Å². The first kappa shape index (κ1) is 16.3. The molecule has 0 aliphatic heterocycles. The predicted octanol–water partition coefficient (Wildman–Crippen LogP) is 3.36. The van der Waals surface area contributed by atoms with Crippen LogP contribution in [0.25, 0.3) is 0 Å². The molecule has 1 aromatic heterocycles. The summed E-state index contributed by atoms with van der Waals surface area (Å²) < 4.78 is 5.36. The number of carbonyl (C=O) groups is 1. The molecule has 1 unspecified atom stereocenters. The van der Waals surface area contributed by atoms with E-state index in [0.29, 0.717) is 6.54 Å². The number of amides is 2. The van der Waals surface area contributed by atoms with E-state index in [4.69, 9.17) is 4.74 Å². The number of hydrogen-bond acceptors (Lipinski definition) is 4. The summed E-state index contributed by atoms with van der Waals surface area (Å²) in [4.78, 5) is 18.3. The minimum atomic E-state index is -0.133. The van der Waals surface area contributed by atoms with Gasteiger partial charge in [-0.1, -0.05) is 18.2 Å². The Morgan fingerprint density at radius 1 is 1.45 bits per heavy atom. The van der Waals surface area contributed by atoms with Gasteiger partial charge in [0.15, 0.2) is 0 Å². The monoisotopic (exact) mass is 319 g/mol. The smallest absolute Gasteiger partial charge is 0.317 e. The number of nitrogens with zero attached hydrogens (tertiary/aromatic N) is 2. The van der Waals surface area contributed by atoms with Crippen LogP contribution < -0.4 is 10.1 Å². The van der Waals surface area contributed by atoms with Crippen LogP contribution in [0, 0.1) is 6.92 Å². The van der Waals surface area contributed by atoms with Crippen molar-refractivity contribution in [3.63, 3.8) is 0 Å². The number of para-hydroxylation sites is 1. The van der Waals surface area contributed by atoms with Crippen molar-refractivity contribution in [3.8, 4) is 5.75 Å². The van der Waals surface area contributed by atoms with Crippen LogP contribution in [0.3, 0.4) is 0 Å². The van der Waals surface area contributed by atoms with Gasteiger partial charge in [0, 0.05) is 23.7 Å². The van der Waals surface area contributed by atoms with Crippen molar-refractivity contribution in [2.75, 3.05) is 14.2 Å². The van der Waals surface area contributed by atoms with Crippen molar-refractivity contribution in [2.24, 2.45) is 0 Å². The molecule has 1 atom stereocenters. The number of aryl methyl sites for hydroxylation is 1. The second kappa shape index (κ2) is 7.26. The summed E-state index contributed by atoms with van der Waals surface area (Å²) in [5.41, 5.74) is 1.96. The van der Waals surface area contributed by atoms with Gasteiger partial charge < -0.3 is 15.0 Å². The van der Waals surface area contributed by atoms with Gasteiger partial charge >= 0.3 is 6.03 Å². The molecule has 118 valence electrons. The Bertz CT molecular complexity index is 642. The summed E-state index contributed by atoms with van der Waals surface area (Å²) in [6.45, 7) is 4.36. The number of nitrogens with one attached hydrogen (secondary N) is 1. The third-order valence-corrected chi connectivity index (χ3v) is 4.51. The summed E-state index contributed by atoms with van der Waals surface area (Å²) >= 11 is 1.55. The lowest BCUT2D eigenvalue weighted by Gasteiger charge is -2.26. The van der Waals surface area contributed by atoms with Gasteiger partial charge in [-0.25, -0.2) is 9.78 Å². The largest absolute Gasteiger partial charge is 0.496 e. The number of urea groups is 1. The Hall–Kier alpha value is -2.08. The van der Waals surface area contributed by atoms with E-state index >= 15 is 0 Å². The summed E-state index contributed by atoms with van der Waals surface area (Å²) in [5.74, 6) is 0.783. The quantitative estimate of drug-likeness (QED) is 0.919. The van der Waals surface area contributed by atoms with Crippen molar-refractivity contribution in [1.29, 1.82) is 0 Å². The number of benzene rings is 1. The average Bonchev–Trinajstić information content (AvgIpc) is 2.96. The molecule has 0 bridgehead atoms. The zero-order valence-corrected chi connectivity index (χ0v) is 14.1. The number of carbonyl (C=O) groups excluding carboxylic acids is 1. The van der Waals surface area contributed by atoms with E-state index in [2.05, 4.69) is 10.3 Å². The first-order chi connectivity index (χ1) is 10.5. The molecule has 1 aromatic carbocycles. The molecule has 1 N–H and O–H groups in total. The molecule has 2 amide bonds. The molecule has 2 rings (SSSR count). The van der Waals surface area contributed by atoms with Crippen molar-refractivity contribution in [1.82, 2.24) is 15.2 Å². The van der Waals surface area contributed by atoms with E-state index < -0.39 is 0 Å². The van der Waals surface area contributed by atoms with Crippen LogP contribution >= 0.6 is 11.3 Å². The number of rotatable bonds is 5. The second-order valence-electron chi connectivity index (χ2n) is 5.07. The van der Waals surface area contributed by atoms with Gasteiger partial charge in [0.2, 0.25) is 0 Å². The molecule has 0 radical (unpaired) electrons. The maximum Gasteiger partial charge on any atom is 0.317 e. The van der Waals surface area contributed by atoms with Crippen molar-refractivity contribution in [3.05, 3.63) is 45.9 Å². The first-order valence-corrected chi connectivity index (χ1v) is 7.95. The average molecular weight is 319 g/mol. The van der Waals surface area contributed by atoms with Crippen LogP contribution in [-0.2, 0) is 6.54 Å². The highest BCUT2D eigenvalue weighted by Crippen LogP contribution is 2.28. The maximum atomic E-state index is 12.3. The number of hydrogen-bond donors (Lipinski definition) is 1. The highest BCUT2D eigenvalue weighted by Gasteiger charge is 2.20. The molecule has 5 nitrogen and oxygen atoms in total. The summed E-state index contributed by atoms with van der Waals surface area (Å²) in [7, 11) is 3.41. The predicted molar refractivity (Wildman–Crippen MR) is 88.3 cm³/mol. The fourth-order valence-electron chi connectivity index (χ4n) is 2.16. The first-order valence-electron chi connectivity index (χ1n) is 7.07. The Balaban J connectivity index is 2.00. The van der Waals surface area contributed by atoms with Gasteiger partial charge in [0.05, 0.1) is 19.7 Å². The van der Waals surface area contributed by atoms with E-state index in [1.165, 1.54) is 0 Å². The Morgan fingerprint density at radius 2 is 2.18 bits per heavy atom. The van der Waals surface area contributed by atoms with Gasteiger partial charge in [-0.2, -0.15) is 0 Å². The molecule has 22 heavy (non-hydrogen) atoms. The molecule has 0 fully saturated rings. The minimum Gasteiger partial charge on any atom is -0.496 e. The third-order valence-electron chi connectivity index (χ3n) is 3.55. The van der Waals surface area contributed by atoms with Gasteiger partial charge in [0.25, 0.3) is 0 Å². The summed E-state index contributed by atoms with van der Waals surface area (Å²) in [6.07, 6.45) is 0. The van der Waals surface area contributed by atoms with Crippen molar-refractivity contribution >= 4 is 17.4 Å². The van der Waals surface area contributed by atoms with Gasteiger partial charge in [-0.05, 0) is 19.9 Å². The van der Waals surface area contributed by atoms with Gasteiger partial charge in [-0.3, -0.25) is 0 Å². The van der Waals surface area contributed by atoms with Crippen LogP contribution in [0.4, 0.5) is 4.79 Å². The zero-order valence-electron chi connectivity index (χ0n) is 13.3. The van der Waals surface area contributed by atoms with Crippen molar-refractivity contribution in [2.45, 2.75) is 26.4 Å². The van der Waals surface area contributed by atoms with Crippen LogP contribution in [0.1, 0.15) is 29.2 Å². The van der Waals surface area contributed by atoms with Gasteiger partial charge in [-0.15, -0.1) is 11.3 Å². The maximum absolute atomic E-state index is 12.3. The number of ether oxygens (including phenoxy) is 1. The molecule has 6 heteroatoms. The SMILES string of the molecule is COc1ccccc1C(C)N(C)C(=O)NCc1nc(C)cs1. The molecule has 2 aromatic rings. The lowest BCUT2D eigenvalue weighted by atomic mass is 10.1. The molecule has 0 aliphatic rings. The normalized spacial score (nSPS) is 11.8. The van der Waals surface area contributed by atoms with Crippen LogP contribution in [0.5, 0.6) is 5.75 Å². The van der Waals surface area contributed by atoms with Crippen LogP contribution in [0.2, 0.25) is 0 Å². The summed E-state index contributed by atoms with van der Waals surface area (Å²) in [5, 5.41) is 5.78. The van der Waals surface area contributed by atoms with E-state index in [-0.39, 0.29) is 12.1 Å². The second-order valence-corrected chi connectivity index (χ2v) is 6.01. The number of thiazole rings is 1. The number of aromatic nitrogens is 1. The topological polar surface area (TPSA) is 54.5 Å². The molecule has 0 aliphatic carbocycles. The fourth-order valence-corrected chi connectivity index (χ4v) is 2.87. The standard InChI is InChI=1S/C16H21N3O2S/c1-11-10-22-15(18-11)9-17-16(20)19(3)12(2)13-7-5-6-8-14(13)21-4/h5-8,10,12H,9H2,1-4H3,(H,17,20). The Labute approximate surface area is 134 Å². The van der Waals surface area contributed by atoms with E-state index in [1.807, 2.05) is 43.5 Å². The molecule has 0 spiro atoms. The van der Waals surface area contributed by atoms with E-state index in [0.717, 1.165) is 22.0 Å². The fraction of sp³-hybridized carbons (Fsp3) is 0.375. The molecule has 1 heterocycles. The van der Waals surface area contributed by atoms with Gasteiger partial charge in [0.1, 0.15) is 10.8 Å². The molecule has 0 saturated heterocycles. The highest BCUT2D eigenvalue weighted by atomic mass is 32.1. The summed E-state index contributed by atoms with van der Waals surface area (Å²) in [6, 6.07) is 7.51. The Kier molecular flexibility index (Phi) is 5.38. The lowest BCUT2D eigenvalue weighted by Crippen LogP contribution is -2.38. The lowest BCUT2D eigenvalue weighted by molar-refractivity contribution is 0.193. The van der Waals surface area contributed by atoms with E-state index in [9.17, 15) is 4.79 Å². The molecular formula is C16H21N3O2S. The molecule has 0 saturated carbocycles. The third kappa shape index (κ3) is 3.76. The Morgan fingerprint density at radius 3 is 2.82 bits per heavy atom.